The van der Waals surface area contributed by atoms with E-state index < -0.39 is 0 Å². The Morgan fingerprint density at radius 2 is 1.64 bits per heavy atom. The van der Waals surface area contributed by atoms with Gasteiger partial charge in [0.15, 0.2) is 6.54 Å². The number of rotatable bonds is 7. The lowest BCUT2D eigenvalue weighted by Gasteiger charge is -2.15. The van der Waals surface area contributed by atoms with E-state index in [1.54, 1.807) is 0 Å². The molecule has 1 atom stereocenters. The Labute approximate surface area is 149 Å². The number of nitrogens with one attached hydrogen (secondary N) is 3. The van der Waals surface area contributed by atoms with Crippen LogP contribution < -0.4 is 15.5 Å². The number of para-hydroxylation sites is 1. The molecular weight excluding hydrogens is 314 g/mol. The largest absolute Gasteiger partial charge is 0.349 e. The van der Waals surface area contributed by atoms with Crippen LogP contribution >= 0.6 is 0 Å². The third-order valence-electron chi connectivity index (χ3n) is 3.67. The monoisotopic (exact) mass is 340 g/mol. The Kier molecular flexibility index (Phi) is 6.71. The van der Waals surface area contributed by atoms with Crippen molar-refractivity contribution in [3.05, 3.63) is 65.7 Å². The van der Waals surface area contributed by atoms with E-state index in [0.29, 0.717) is 12.1 Å². The molecule has 0 fully saturated rings. The Balaban J connectivity index is 1.88. The third-order valence-corrected chi connectivity index (χ3v) is 3.67. The van der Waals surface area contributed by atoms with Crippen molar-refractivity contribution in [2.45, 2.75) is 26.4 Å². The minimum atomic E-state index is -0.130. The number of quaternary nitrogens is 1. The van der Waals surface area contributed by atoms with Gasteiger partial charge in [-0.15, -0.1) is 0 Å². The average molecular weight is 340 g/mol. The van der Waals surface area contributed by atoms with Crippen LogP contribution in [0.15, 0.2) is 54.6 Å². The molecule has 132 valence electrons. The first-order valence-electron chi connectivity index (χ1n) is 8.50. The Hall–Kier alpha value is -2.66. The Morgan fingerprint density at radius 1 is 1.00 bits per heavy atom. The third kappa shape index (κ3) is 6.39. The van der Waals surface area contributed by atoms with Gasteiger partial charge in [0.2, 0.25) is 0 Å². The summed E-state index contributed by atoms with van der Waals surface area (Å²) in [5, 5.41) is 5.76. The average Bonchev–Trinajstić information content (AvgIpc) is 2.55. The maximum atomic E-state index is 12.2. The number of hydrogen-bond donors (Lipinski definition) is 3. The molecule has 0 heterocycles. The van der Waals surface area contributed by atoms with Crippen molar-refractivity contribution in [3.63, 3.8) is 0 Å². The van der Waals surface area contributed by atoms with Crippen LogP contribution in [0.5, 0.6) is 0 Å². The number of likely N-dealkylation sites (N-methyl/N-ethyl adjacent to an activating group) is 1. The van der Waals surface area contributed by atoms with Gasteiger partial charge >= 0.3 is 0 Å². The molecule has 3 N–H and O–H groups in total. The van der Waals surface area contributed by atoms with Crippen LogP contribution in [0.25, 0.3) is 0 Å². The topological polar surface area (TPSA) is 62.6 Å². The van der Waals surface area contributed by atoms with Gasteiger partial charge in [-0.25, -0.2) is 0 Å². The fourth-order valence-electron chi connectivity index (χ4n) is 2.56. The predicted octanol–water partition coefficient (Wildman–Crippen LogP) is 1.48. The molecule has 0 aliphatic carbocycles. The van der Waals surface area contributed by atoms with Gasteiger partial charge in [0.1, 0.15) is 6.54 Å². The molecular formula is C20H26N3O2+. The van der Waals surface area contributed by atoms with Crippen LogP contribution in [0.3, 0.4) is 0 Å². The molecule has 2 aromatic carbocycles. The molecule has 25 heavy (non-hydrogen) atoms. The molecule has 2 rings (SSSR count). The van der Waals surface area contributed by atoms with E-state index in [1.165, 1.54) is 0 Å². The minimum Gasteiger partial charge on any atom is -0.349 e. The van der Waals surface area contributed by atoms with E-state index in [9.17, 15) is 9.59 Å². The summed E-state index contributed by atoms with van der Waals surface area (Å²) in [7, 11) is 1.98. The van der Waals surface area contributed by atoms with Gasteiger partial charge in [0.25, 0.3) is 11.8 Å². The van der Waals surface area contributed by atoms with Crippen molar-refractivity contribution in [1.82, 2.24) is 5.32 Å². The highest BCUT2D eigenvalue weighted by Gasteiger charge is 2.12. The van der Waals surface area contributed by atoms with Crippen LogP contribution in [0.4, 0.5) is 5.69 Å². The second-order valence-corrected chi connectivity index (χ2v) is 6.55. The first kappa shape index (κ1) is 18.7. The van der Waals surface area contributed by atoms with Crippen LogP contribution in [0, 0.1) is 0 Å². The summed E-state index contributed by atoms with van der Waals surface area (Å²) in [6.07, 6.45) is 0. The van der Waals surface area contributed by atoms with Gasteiger partial charge < -0.3 is 15.5 Å². The summed E-state index contributed by atoms with van der Waals surface area (Å²) < 4.78 is 0. The van der Waals surface area contributed by atoms with Crippen molar-refractivity contribution in [3.8, 4) is 0 Å². The van der Waals surface area contributed by atoms with E-state index in [-0.39, 0.29) is 17.9 Å². The molecule has 0 aromatic heterocycles. The molecule has 0 aliphatic heterocycles. The molecule has 2 amide bonds. The molecule has 5 nitrogen and oxygen atoms in total. The number of hydrogen-bond acceptors (Lipinski definition) is 2. The number of carbonyl (C=O) groups excluding carboxylic acids is 2. The lowest BCUT2D eigenvalue weighted by molar-refractivity contribution is -0.885. The molecule has 0 bridgehead atoms. The van der Waals surface area contributed by atoms with Crippen LogP contribution in [-0.2, 0) is 11.3 Å². The van der Waals surface area contributed by atoms with Gasteiger partial charge in [-0.1, -0.05) is 30.3 Å². The van der Waals surface area contributed by atoms with Crippen LogP contribution in [0.2, 0.25) is 0 Å². The van der Waals surface area contributed by atoms with Crippen molar-refractivity contribution < 1.29 is 14.5 Å². The highest BCUT2D eigenvalue weighted by Crippen LogP contribution is 2.09. The molecule has 0 radical (unpaired) electrons. The Bertz CT molecular complexity index is 697. The minimum absolute atomic E-state index is 0.0476. The summed E-state index contributed by atoms with van der Waals surface area (Å²) in [4.78, 5) is 25.1. The van der Waals surface area contributed by atoms with Gasteiger partial charge in [-0.05, 0) is 38.1 Å². The zero-order valence-corrected chi connectivity index (χ0v) is 15.0. The first-order chi connectivity index (χ1) is 11.9. The van der Waals surface area contributed by atoms with E-state index in [2.05, 4.69) is 10.6 Å². The quantitative estimate of drug-likeness (QED) is 0.715. The molecule has 0 saturated heterocycles. The van der Waals surface area contributed by atoms with Crippen molar-refractivity contribution in [2.75, 3.05) is 18.9 Å². The molecule has 0 aliphatic rings. The fourth-order valence-corrected chi connectivity index (χ4v) is 2.56. The fraction of sp³-hybridized carbons (Fsp3) is 0.300. The predicted molar refractivity (Wildman–Crippen MR) is 99.6 cm³/mol. The van der Waals surface area contributed by atoms with Crippen molar-refractivity contribution in [2.24, 2.45) is 0 Å². The van der Waals surface area contributed by atoms with Crippen molar-refractivity contribution in [1.29, 1.82) is 0 Å². The summed E-state index contributed by atoms with van der Waals surface area (Å²) in [5.41, 5.74) is 2.48. The maximum absolute atomic E-state index is 12.2. The summed E-state index contributed by atoms with van der Waals surface area (Å²) in [6.45, 7) is 5.05. The smallest absolute Gasteiger partial charge is 0.275 e. The summed E-state index contributed by atoms with van der Waals surface area (Å²) >= 11 is 0. The normalized spacial score (nSPS) is 11.8. The second kappa shape index (κ2) is 8.99. The summed E-state index contributed by atoms with van der Waals surface area (Å²) in [6, 6.07) is 17.0. The number of benzene rings is 2. The lowest BCUT2D eigenvalue weighted by Crippen LogP contribution is -3.09. The summed E-state index contributed by atoms with van der Waals surface area (Å²) in [5.74, 6) is -0.0823. The SMILES string of the molecule is CC(C)NC(=O)C[NH+](C)Cc1ccc(C(=O)Nc2ccccc2)cc1. The molecule has 1 unspecified atom stereocenters. The van der Waals surface area contributed by atoms with E-state index in [1.807, 2.05) is 75.5 Å². The van der Waals surface area contributed by atoms with E-state index >= 15 is 0 Å². The van der Waals surface area contributed by atoms with Gasteiger partial charge in [-0.3, -0.25) is 9.59 Å². The van der Waals surface area contributed by atoms with Gasteiger partial charge in [-0.2, -0.15) is 0 Å². The molecule has 0 spiro atoms. The molecule has 5 heteroatoms. The van der Waals surface area contributed by atoms with Gasteiger partial charge in [0.05, 0.1) is 7.05 Å². The number of carbonyl (C=O) groups is 2. The first-order valence-corrected chi connectivity index (χ1v) is 8.50. The van der Waals surface area contributed by atoms with Crippen molar-refractivity contribution >= 4 is 17.5 Å². The number of anilines is 1. The zero-order chi connectivity index (χ0) is 18.2. The van der Waals surface area contributed by atoms with Crippen LogP contribution in [0.1, 0.15) is 29.8 Å². The van der Waals surface area contributed by atoms with Gasteiger partial charge in [0, 0.05) is 22.9 Å². The highest BCUT2D eigenvalue weighted by molar-refractivity contribution is 6.04. The molecule has 0 saturated carbocycles. The zero-order valence-electron chi connectivity index (χ0n) is 15.0. The highest BCUT2D eigenvalue weighted by atomic mass is 16.2. The van der Waals surface area contributed by atoms with E-state index in [0.717, 1.165) is 22.7 Å². The lowest BCUT2D eigenvalue weighted by atomic mass is 10.1. The standard InChI is InChI=1S/C20H25N3O2/c1-15(2)21-19(24)14-23(3)13-16-9-11-17(12-10-16)20(25)22-18-7-5-4-6-8-18/h4-12,15H,13-14H2,1-3H3,(H,21,24)(H,22,25)/p+1. The molecule has 2 aromatic rings. The second-order valence-electron chi connectivity index (χ2n) is 6.55. The Morgan fingerprint density at radius 3 is 2.24 bits per heavy atom. The van der Waals surface area contributed by atoms with Crippen LogP contribution in [-0.4, -0.2) is 31.4 Å². The van der Waals surface area contributed by atoms with E-state index in [4.69, 9.17) is 0 Å². The number of amides is 2. The maximum Gasteiger partial charge on any atom is 0.275 e.